The normalized spacial score (nSPS) is 14.8. The summed E-state index contributed by atoms with van der Waals surface area (Å²) in [6.07, 6.45) is -4.63. The summed E-state index contributed by atoms with van der Waals surface area (Å²) in [6, 6.07) is 17.7. The van der Waals surface area contributed by atoms with Crippen LogP contribution in [-0.4, -0.2) is 23.7 Å². The van der Waals surface area contributed by atoms with E-state index in [2.05, 4.69) is 0 Å². The number of carboxylic acid groups (broad SMARTS) is 1. The first kappa shape index (κ1) is 22.5. The number of fused-ring (bicyclic) bond motifs is 3. The molecule has 3 aromatic rings. The predicted octanol–water partition coefficient (Wildman–Crippen LogP) is 4.76. The first-order valence-electron chi connectivity index (χ1n) is 10.2. The Labute approximate surface area is 187 Å². The highest BCUT2D eigenvalue weighted by atomic mass is 19.4. The summed E-state index contributed by atoms with van der Waals surface area (Å²) < 4.78 is 44.5. The van der Waals surface area contributed by atoms with Gasteiger partial charge in [0.25, 0.3) is 0 Å². The van der Waals surface area contributed by atoms with E-state index in [1.54, 1.807) is 0 Å². The van der Waals surface area contributed by atoms with Crippen molar-refractivity contribution in [3.8, 4) is 11.1 Å². The molecule has 0 saturated heterocycles. The third-order valence-corrected chi connectivity index (χ3v) is 5.83. The minimum absolute atomic E-state index is 0.119. The largest absolute Gasteiger partial charge is 0.481 e. The highest BCUT2D eigenvalue weighted by Crippen LogP contribution is 2.44. The van der Waals surface area contributed by atoms with Gasteiger partial charge in [0.15, 0.2) is 5.92 Å². The fourth-order valence-corrected chi connectivity index (χ4v) is 4.21. The number of ether oxygens (including phenoxy) is 1. The molecule has 3 N–H and O–H groups in total. The maximum Gasteiger partial charge on any atom is 0.416 e. The standard InChI is InChI=1S/C25H20F3NO4/c26-25(27,28)15-7-5-6-14(12-15)22(29)21(23(30)31)24(32)33-13-20-18-10-3-1-8-16(18)17-9-2-4-11-19(17)20/h1-12,20-22H,13,29H2,(H,30,31)/t21-,22?/m0/s1. The number of halogens is 3. The minimum atomic E-state index is -4.63. The van der Waals surface area contributed by atoms with E-state index >= 15 is 0 Å². The van der Waals surface area contributed by atoms with Crippen LogP contribution in [0.5, 0.6) is 0 Å². The molecule has 0 spiro atoms. The zero-order valence-corrected chi connectivity index (χ0v) is 17.3. The van der Waals surface area contributed by atoms with E-state index in [1.165, 1.54) is 6.07 Å². The Morgan fingerprint density at radius 3 is 2.06 bits per heavy atom. The van der Waals surface area contributed by atoms with E-state index in [0.717, 1.165) is 40.5 Å². The Kier molecular flexibility index (Phi) is 5.95. The number of aliphatic carboxylic acids is 1. The maximum absolute atomic E-state index is 13.0. The number of nitrogens with two attached hydrogens (primary N) is 1. The van der Waals surface area contributed by atoms with Crippen LogP contribution in [0.15, 0.2) is 72.8 Å². The van der Waals surface area contributed by atoms with Gasteiger partial charge in [0.1, 0.15) is 6.61 Å². The van der Waals surface area contributed by atoms with Crippen molar-refractivity contribution in [2.45, 2.75) is 18.1 Å². The molecule has 0 aromatic heterocycles. The van der Waals surface area contributed by atoms with Crippen molar-refractivity contribution in [2.24, 2.45) is 11.7 Å². The molecule has 4 rings (SSSR count). The summed E-state index contributed by atoms with van der Waals surface area (Å²) in [4.78, 5) is 24.6. The summed E-state index contributed by atoms with van der Waals surface area (Å²) in [7, 11) is 0. The SMILES string of the molecule is NC(c1cccc(C(F)(F)F)c1)[C@@H](C(=O)O)C(=O)OCC1c2ccccc2-c2ccccc21. The van der Waals surface area contributed by atoms with Crippen LogP contribution in [0.4, 0.5) is 13.2 Å². The van der Waals surface area contributed by atoms with Gasteiger partial charge in [0, 0.05) is 5.92 Å². The van der Waals surface area contributed by atoms with Gasteiger partial charge in [-0.1, -0.05) is 60.7 Å². The Morgan fingerprint density at radius 2 is 1.52 bits per heavy atom. The fraction of sp³-hybridized carbons (Fsp3) is 0.200. The number of rotatable bonds is 6. The summed E-state index contributed by atoms with van der Waals surface area (Å²) in [5.74, 6) is -4.83. The highest BCUT2D eigenvalue weighted by Gasteiger charge is 2.38. The van der Waals surface area contributed by atoms with Gasteiger partial charge in [-0.3, -0.25) is 9.59 Å². The lowest BCUT2D eigenvalue weighted by molar-refractivity contribution is -0.160. The monoisotopic (exact) mass is 455 g/mol. The summed E-state index contributed by atoms with van der Waals surface area (Å²) in [5, 5.41) is 9.61. The summed E-state index contributed by atoms with van der Waals surface area (Å²) in [6.45, 7) is -0.119. The van der Waals surface area contributed by atoms with Crippen molar-refractivity contribution >= 4 is 11.9 Å². The van der Waals surface area contributed by atoms with E-state index in [-0.39, 0.29) is 18.1 Å². The van der Waals surface area contributed by atoms with Gasteiger partial charge in [-0.05, 0) is 39.9 Å². The average Bonchev–Trinajstić information content (AvgIpc) is 3.11. The van der Waals surface area contributed by atoms with Crippen LogP contribution < -0.4 is 5.73 Å². The van der Waals surface area contributed by atoms with Crippen LogP contribution in [0.3, 0.4) is 0 Å². The minimum Gasteiger partial charge on any atom is -0.481 e. The lowest BCUT2D eigenvalue weighted by Crippen LogP contribution is -2.36. The maximum atomic E-state index is 13.0. The molecule has 33 heavy (non-hydrogen) atoms. The molecule has 3 aromatic carbocycles. The molecule has 0 aliphatic heterocycles. The number of esters is 1. The molecule has 0 heterocycles. The second-order valence-electron chi connectivity index (χ2n) is 7.82. The lowest BCUT2D eigenvalue weighted by atomic mass is 9.92. The van der Waals surface area contributed by atoms with Crippen molar-refractivity contribution in [1.29, 1.82) is 0 Å². The van der Waals surface area contributed by atoms with Gasteiger partial charge < -0.3 is 15.6 Å². The molecule has 2 atom stereocenters. The number of benzene rings is 3. The molecule has 0 bridgehead atoms. The molecular weight excluding hydrogens is 435 g/mol. The number of carbonyl (C=O) groups is 2. The van der Waals surface area contributed by atoms with Crippen LogP contribution in [0.1, 0.15) is 34.2 Å². The van der Waals surface area contributed by atoms with Crippen molar-refractivity contribution in [3.05, 3.63) is 95.1 Å². The van der Waals surface area contributed by atoms with Gasteiger partial charge >= 0.3 is 18.1 Å². The Balaban J connectivity index is 1.55. The van der Waals surface area contributed by atoms with Crippen LogP contribution >= 0.6 is 0 Å². The van der Waals surface area contributed by atoms with Gasteiger partial charge in [-0.2, -0.15) is 13.2 Å². The molecule has 1 unspecified atom stereocenters. The smallest absolute Gasteiger partial charge is 0.416 e. The first-order chi connectivity index (χ1) is 15.7. The van der Waals surface area contributed by atoms with E-state index in [4.69, 9.17) is 10.5 Å². The zero-order chi connectivity index (χ0) is 23.8. The molecule has 0 fully saturated rings. The van der Waals surface area contributed by atoms with Gasteiger partial charge in [0.2, 0.25) is 0 Å². The Hall–Kier alpha value is -3.65. The molecule has 0 radical (unpaired) electrons. The molecule has 8 heteroatoms. The van der Waals surface area contributed by atoms with Gasteiger partial charge in [-0.15, -0.1) is 0 Å². The van der Waals surface area contributed by atoms with Crippen molar-refractivity contribution in [1.82, 2.24) is 0 Å². The van der Waals surface area contributed by atoms with Crippen LogP contribution in [0.2, 0.25) is 0 Å². The molecule has 1 aliphatic rings. The van der Waals surface area contributed by atoms with Crippen LogP contribution in [-0.2, 0) is 20.5 Å². The van der Waals surface area contributed by atoms with Crippen molar-refractivity contribution in [3.63, 3.8) is 0 Å². The number of carboxylic acids is 1. The van der Waals surface area contributed by atoms with E-state index < -0.39 is 35.6 Å². The molecule has 170 valence electrons. The first-order valence-corrected chi connectivity index (χ1v) is 10.2. The average molecular weight is 455 g/mol. The Morgan fingerprint density at radius 1 is 0.939 bits per heavy atom. The number of hydrogen-bond acceptors (Lipinski definition) is 4. The number of carbonyl (C=O) groups excluding carboxylic acids is 1. The Bertz CT molecular complexity index is 1160. The lowest BCUT2D eigenvalue weighted by Gasteiger charge is -2.21. The molecule has 5 nitrogen and oxygen atoms in total. The van der Waals surface area contributed by atoms with E-state index in [0.29, 0.717) is 0 Å². The third kappa shape index (κ3) is 4.34. The van der Waals surface area contributed by atoms with Gasteiger partial charge in [-0.25, -0.2) is 0 Å². The van der Waals surface area contributed by atoms with Crippen molar-refractivity contribution in [2.75, 3.05) is 6.61 Å². The number of hydrogen-bond donors (Lipinski definition) is 2. The van der Waals surface area contributed by atoms with E-state index in [1.807, 2.05) is 48.5 Å². The quantitative estimate of drug-likeness (QED) is 0.413. The molecular formula is C25H20F3NO4. The van der Waals surface area contributed by atoms with Crippen LogP contribution in [0, 0.1) is 5.92 Å². The number of alkyl halides is 3. The van der Waals surface area contributed by atoms with Crippen LogP contribution in [0.25, 0.3) is 11.1 Å². The predicted molar refractivity (Wildman–Crippen MR) is 114 cm³/mol. The molecule has 1 aliphatic carbocycles. The third-order valence-electron chi connectivity index (χ3n) is 5.83. The summed E-state index contributed by atoms with van der Waals surface area (Å²) >= 11 is 0. The zero-order valence-electron chi connectivity index (χ0n) is 17.3. The van der Waals surface area contributed by atoms with Gasteiger partial charge in [0.05, 0.1) is 11.6 Å². The second kappa shape index (κ2) is 8.71. The van der Waals surface area contributed by atoms with E-state index in [9.17, 15) is 27.9 Å². The molecule has 0 amide bonds. The second-order valence-corrected chi connectivity index (χ2v) is 7.82. The highest BCUT2D eigenvalue weighted by molar-refractivity contribution is 5.95. The topological polar surface area (TPSA) is 89.6 Å². The molecule has 0 saturated carbocycles. The summed E-state index contributed by atoms with van der Waals surface area (Å²) in [5.41, 5.74) is 8.74. The fourth-order valence-electron chi connectivity index (χ4n) is 4.21. The van der Waals surface area contributed by atoms with Crippen molar-refractivity contribution < 1.29 is 32.6 Å².